The van der Waals surface area contributed by atoms with E-state index in [1.165, 1.54) is 0 Å². The van der Waals surface area contributed by atoms with Gasteiger partial charge in [-0.1, -0.05) is 18.2 Å². The highest BCUT2D eigenvalue weighted by Crippen LogP contribution is 2.19. The number of hydrogen-bond acceptors (Lipinski definition) is 5. The molecular formula is C18H16N8. The standard InChI is InChI=1S/C18H16N8/c1-12-8-13(2)24(22-12)10-16-21-18-15-9-20-26(14-6-4-3-5-7-14)17(15)19-11-25(18)23-16/h3-9,11H,10H2,1-2H3. The summed E-state index contributed by atoms with van der Waals surface area (Å²) < 4.78 is 5.41. The van der Waals surface area contributed by atoms with Gasteiger partial charge in [0.05, 0.1) is 23.0 Å². The molecule has 26 heavy (non-hydrogen) atoms. The van der Waals surface area contributed by atoms with Crippen LogP contribution in [-0.4, -0.2) is 39.1 Å². The van der Waals surface area contributed by atoms with Gasteiger partial charge in [0, 0.05) is 5.69 Å². The van der Waals surface area contributed by atoms with Crippen molar-refractivity contribution in [2.45, 2.75) is 20.4 Å². The summed E-state index contributed by atoms with van der Waals surface area (Å²) in [6.07, 6.45) is 3.46. The van der Waals surface area contributed by atoms with Crippen molar-refractivity contribution in [2.24, 2.45) is 0 Å². The van der Waals surface area contributed by atoms with Crippen LogP contribution in [0, 0.1) is 13.8 Å². The lowest BCUT2D eigenvalue weighted by Crippen LogP contribution is -2.05. The third-order valence-corrected chi connectivity index (χ3v) is 4.34. The molecule has 0 N–H and O–H groups in total. The molecule has 0 aliphatic heterocycles. The van der Waals surface area contributed by atoms with E-state index in [0.29, 0.717) is 12.4 Å². The first-order valence-electron chi connectivity index (χ1n) is 8.33. The quantitative estimate of drug-likeness (QED) is 0.502. The van der Waals surface area contributed by atoms with Gasteiger partial charge < -0.3 is 0 Å². The van der Waals surface area contributed by atoms with Crippen molar-refractivity contribution >= 4 is 16.7 Å². The Balaban J connectivity index is 1.61. The summed E-state index contributed by atoms with van der Waals surface area (Å²) in [7, 11) is 0. The van der Waals surface area contributed by atoms with E-state index in [1.807, 2.05) is 59.6 Å². The van der Waals surface area contributed by atoms with E-state index in [1.54, 1.807) is 17.0 Å². The number of para-hydroxylation sites is 1. The van der Waals surface area contributed by atoms with Gasteiger partial charge in [-0.2, -0.15) is 10.2 Å². The summed E-state index contributed by atoms with van der Waals surface area (Å²) in [5.41, 5.74) is 4.53. The Hall–Kier alpha value is -3.55. The molecule has 1 aromatic carbocycles. The van der Waals surface area contributed by atoms with Crippen molar-refractivity contribution in [3.05, 3.63) is 66.1 Å². The summed E-state index contributed by atoms with van der Waals surface area (Å²) >= 11 is 0. The van der Waals surface area contributed by atoms with Gasteiger partial charge in [0.2, 0.25) is 0 Å². The van der Waals surface area contributed by atoms with E-state index in [2.05, 4.69) is 20.3 Å². The smallest absolute Gasteiger partial charge is 0.173 e. The SMILES string of the molecule is Cc1cc(C)n(Cc2nc3c4cnn(-c5ccccc5)c4ncn3n2)n1. The van der Waals surface area contributed by atoms with Crippen LogP contribution in [0.1, 0.15) is 17.2 Å². The zero-order valence-electron chi connectivity index (χ0n) is 14.4. The number of rotatable bonds is 3. The predicted molar refractivity (Wildman–Crippen MR) is 96.2 cm³/mol. The zero-order valence-corrected chi connectivity index (χ0v) is 14.4. The second kappa shape index (κ2) is 5.48. The van der Waals surface area contributed by atoms with Gasteiger partial charge in [-0.3, -0.25) is 4.68 Å². The fourth-order valence-corrected chi connectivity index (χ4v) is 3.16. The van der Waals surface area contributed by atoms with Crippen LogP contribution in [0.15, 0.2) is 48.9 Å². The van der Waals surface area contributed by atoms with Crippen LogP contribution in [0.4, 0.5) is 0 Å². The first-order valence-corrected chi connectivity index (χ1v) is 8.33. The van der Waals surface area contributed by atoms with E-state index >= 15 is 0 Å². The summed E-state index contributed by atoms with van der Waals surface area (Å²) in [6, 6.07) is 12.0. The third kappa shape index (κ3) is 2.26. The summed E-state index contributed by atoms with van der Waals surface area (Å²) in [6.45, 7) is 4.53. The first kappa shape index (κ1) is 14.8. The molecule has 5 aromatic rings. The van der Waals surface area contributed by atoms with Crippen molar-refractivity contribution in [3.8, 4) is 5.69 Å². The van der Waals surface area contributed by atoms with E-state index in [-0.39, 0.29) is 0 Å². The van der Waals surface area contributed by atoms with Gasteiger partial charge in [-0.15, -0.1) is 5.10 Å². The Morgan fingerprint density at radius 1 is 1.00 bits per heavy atom. The number of nitrogens with zero attached hydrogens (tertiary/aromatic N) is 8. The summed E-state index contributed by atoms with van der Waals surface area (Å²) in [5.74, 6) is 0.693. The van der Waals surface area contributed by atoms with Crippen LogP contribution >= 0.6 is 0 Å². The molecule has 0 radical (unpaired) electrons. The average molecular weight is 344 g/mol. The molecule has 0 amide bonds. The lowest BCUT2D eigenvalue weighted by Gasteiger charge is -2.01. The molecular weight excluding hydrogens is 328 g/mol. The molecule has 8 heteroatoms. The van der Waals surface area contributed by atoms with E-state index in [4.69, 9.17) is 4.98 Å². The average Bonchev–Trinajstić information content (AvgIpc) is 3.32. The number of fused-ring (bicyclic) bond motifs is 3. The monoisotopic (exact) mass is 344 g/mol. The summed E-state index contributed by atoms with van der Waals surface area (Å²) in [5, 5.41) is 14.4. The van der Waals surface area contributed by atoms with Crippen LogP contribution in [-0.2, 0) is 6.54 Å². The Morgan fingerprint density at radius 2 is 1.85 bits per heavy atom. The van der Waals surface area contributed by atoms with Crippen molar-refractivity contribution in [1.29, 1.82) is 0 Å². The van der Waals surface area contributed by atoms with Gasteiger partial charge in [0.15, 0.2) is 17.1 Å². The fraction of sp³-hybridized carbons (Fsp3) is 0.167. The van der Waals surface area contributed by atoms with E-state index in [9.17, 15) is 0 Å². The molecule has 0 aliphatic carbocycles. The molecule has 0 saturated heterocycles. The lowest BCUT2D eigenvalue weighted by atomic mass is 10.3. The van der Waals surface area contributed by atoms with Crippen molar-refractivity contribution in [2.75, 3.05) is 0 Å². The molecule has 128 valence electrons. The van der Waals surface area contributed by atoms with Crippen LogP contribution in [0.25, 0.3) is 22.4 Å². The molecule has 0 fully saturated rings. The molecule has 0 bridgehead atoms. The number of hydrogen-bond donors (Lipinski definition) is 0. The first-order chi connectivity index (χ1) is 12.7. The predicted octanol–water partition coefficient (Wildman–Crippen LogP) is 2.32. The maximum atomic E-state index is 4.69. The van der Waals surface area contributed by atoms with Crippen LogP contribution < -0.4 is 0 Å². The lowest BCUT2D eigenvalue weighted by molar-refractivity contribution is 0.630. The molecule has 4 heterocycles. The molecule has 8 nitrogen and oxygen atoms in total. The van der Waals surface area contributed by atoms with Crippen molar-refractivity contribution in [3.63, 3.8) is 0 Å². The topological polar surface area (TPSA) is 78.7 Å². The molecule has 4 aromatic heterocycles. The molecule has 0 unspecified atom stereocenters. The maximum absolute atomic E-state index is 4.69. The van der Waals surface area contributed by atoms with Crippen LogP contribution in [0.5, 0.6) is 0 Å². The Kier molecular flexibility index (Phi) is 3.11. The second-order valence-electron chi connectivity index (χ2n) is 6.25. The van der Waals surface area contributed by atoms with Crippen LogP contribution in [0.2, 0.25) is 0 Å². The second-order valence-corrected chi connectivity index (χ2v) is 6.25. The fourth-order valence-electron chi connectivity index (χ4n) is 3.16. The minimum Gasteiger partial charge on any atom is -0.262 e. The van der Waals surface area contributed by atoms with Crippen molar-refractivity contribution < 1.29 is 0 Å². The Morgan fingerprint density at radius 3 is 2.62 bits per heavy atom. The number of aromatic nitrogens is 8. The number of aryl methyl sites for hydroxylation is 2. The van der Waals surface area contributed by atoms with Gasteiger partial charge in [0.25, 0.3) is 0 Å². The van der Waals surface area contributed by atoms with Gasteiger partial charge in [-0.25, -0.2) is 19.2 Å². The van der Waals surface area contributed by atoms with E-state index < -0.39 is 0 Å². The van der Waals surface area contributed by atoms with Crippen LogP contribution in [0.3, 0.4) is 0 Å². The van der Waals surface area contributed by atoms with Gasteiger partial charge in [-0.05, 0) is 32.0 Å². The normalized spacial score (nSPS) is 11.6. The molecule has 5 rings (SSSR count). The zero-order chi connectivity index (χ0) is 17.7. The van der Waals surface area contributed by atoms with Gasteiger partial charge >= 0.3 is 0 Å². The molecule has 0 saturated carbocycles. The van der Waals surface area contributed by atoms with Gasteiger partial charge in [0.1, 0.15) is 12.9 Å². The summed E-state index contributed by atoms with van der Waals surface area (Å²) in [4.78, 5) is 9.22. The molecule has 0 aliphatic rings. The minimum atomic E-state index is 0.523. The highest BCUT2D eigenvalue weighted by molar-refractivity contribution is 5.89. The largest absolute Gasteiger partial charge is 0.262 e. The van der Waals surface area contributed by atoms with E-state index in [0.717, 1.165) is 33.8 Å². The highest BCUT2D eigenvalue weighted by Gasteiger charge is 2.14. The molecule has 0 atom stereocenters. The number of benzene rings is 1. The third-order valence-electron chi connectivity index (χ3n) is 4.34. The highest BCUT2D eigenvalue weighted by atomic mass is 15.4. The Labute approximate surface area is 148 Å². The molecule has 0 spiro atoms. The Bertz CT molecular complexity index is 1230. The van der Waals surface area contributed by atoms with Crippen molar-refractivity contribution in [1.82, 2.24) is 39.1 Å². The maximum Gasteiger partial charge on any atom is 0.173 e. The minimum absolute atomic E-state index is 0.523.